The highest BCUT2D eigenvalue weighted by Gasteiger charge is 2.23. The smallest absolute Gasteiger partial charge is 0.271 e. The van der Waals surface area contributed by atoms with Crippen molar-refractivity contribution in [2.24, 2.45) is 0 Å². The number of anilines is 1. The molecular weight excluding hydrogens is 347 g/mol. The van der Waals surface area contributed by atoms with Gasteiger partial charge in [0.25, 0.3) is 5.69 Å². The summed E-state index contributed by atoms with van der Waals surface area (Å²) in [6.45, 7) is 3.21. The van der Waals surface area contributed by atoms with Crippen LogP contribution in [0.3, 0.4) is 0 Å². The van der Waals surface area contributed by atoms with Gasteiger partial charge in [0.1, 0.15) is 17.7 Å². The number of nitro groups is 1. The summed E-state index contributed by atoms with van der Waals surface area (Å²) in [5.41, 5.74) is 1.44. The molecule has 0 unspecified atom stereocenters. The second kappa shape index (κ2) is 7.27. The van der Waals surface area contributed by atoms with E-state index in [9.17, 15) is 14.5 Å². The first-order chi connectivity index (χ1) is 11.9. The lowest BCUT2D eigenvalue weighted by Crippen LogP contribution is -2.38. The minimum absolute atomic E-state index is 0.0521. The minimum atomic E-state index is -0.496. The Morgan fingerprint density at radius 2 is 1.96 bits per heavy atom. The Bertz CT molecular complexity index is 792. The third-order valence-electron chi connectivity index (χ3n) is 4.31. The Balaban J connectivity index is 1.62. The van der Waals surface area contributed by atoms with Gasteiger partial charge in [-0.05, 0) is 30.7 Å². The predicted octanol–water partition coefficient (Wildman–Crippen LogP) is 4.74. The first kappa shape index (κ1) is 17.5. The van der Waals surface area contributed by atoms with Gasteiger partial charge in [-0.3, -0.25) is 10.1 Å². The molecule has 0 radical (unpaired) electrons. The van der Waals surface area contributed by atoms with Gasteiger partial charge in [0.05, 0.1) is 15.6 Å². The minimum Gasteiger partial charge on any atom is -0.489 e. The number of benzene rings is 2. The predicted molar refractivity (Wildman–Crippen MR) is 95.1 cm³/mol. The number of rotatable bonds is 4. The topological polar surface area (TPSA) is 55.6 Å². The third kappa shape index (κ3) is 4.02. The average Bonchev–Trinajstić information content (AvgIpc) is 2.57. The normalized spacial score (nSPS) is 15.2. The van der Waals surface area contributed by atoms with Crippen LogP contribution in [0, 0.1) is 22.9 Å². The standard InChI is InChI=1S/C18H18ClFN2O3/c1-12-2-4-17(16(20)10-12)21-8-6-14(7-9-21)25-18-5-3-13(22(23)24)11-15(18)19/h2-5,10-11,14H,6-9H2,1H3. The highest BCUT2D eigenvalue weighted by Crippen LogP contribution is 2.31. The SMILES string of the molecule is Cc1ccc(N2CCC(Oc3ccc([N+](=O)[O-])cc3Cl)CC2)c(F)c1. The number of nitro benzene ring substituents is 1. The van der Waals surface area contributed by atoms with Crippen molar-refractivity contribution in [3.8, 4) is 5.75 Å². The largest absolute Gasteiger partial charge is 0.489 e. The molecule has 0 amide bonds. The van der Waals surface area contributed by atoms with Crippen molar-refractivity contribution < 1.29 is 14.1 Å². The molecule has 2 aromatic carbocycles. The number of hydrogen-bond acceptors (Lipinski definition) is 4. The molecule has 3 rings (SSSR count). The first-order valence-electron chi connectivity index (χ1n) is 8.06. The van der Waals surface area contributed by atoms with Crippen LogP contribution in [0.2, 0.25) is 5.02 Å². The van der Waals surface area contributed by atoms with Crippen molar-refractivity contribution in [2.75, 3.05) is 18.0 Å². The Morgan fingerprint density at radius 3 is 2.56 bits per heavy atom. The Hall–Kier alpha value is -2.34. The molecule has 0 saturated carbocycles. The van der Waals surface area contributed by atoms with Crippen molar-refractivity contribution in [1.82, 2.24) is 0 Å². The average molecular weight is 365 g/mol. The van der Waals surface area contributed by atoms with Crippen LogP contribution >= 0.6 is 11.6 Å². The van der Waals surface area contributed by atoms with E-state index >= 15 is 0 Å². The number of halogens is 2. The number of ether oxygens (including phenoxy) is 1. The lowest BCUT2D eigenvalue weighted by Gasteiger charge is -2.34. The van der Waals surface area contributed by atoms with Crippen LogP contribution in [-0.4, -0.2) is 24.1 Å². The van der Waals surface area contributed by atoms with Gasteiger partial charge in [-0.2, -0.15) is 0 Å². The molecule has 0 bridgehead atoms. The van der Waals surface area contributed by atoms with Gasteiger partial charge >= 0.3 is 0 Å². The molecule has 7 heteroatoms. The fraction of sp³-hybridized carbons (Fsp3) is 0.333. The fourth-order valence-corrected chi connectivity index (χ4v) is 3.18. The maximum atomic E-state index is 14.1. The van der Waals surface area contributed by atoms with Crippen LogP contribution in [0.15, 0.2) is 36.4 Å². The molecule has 1 aliphatic rings. The summed E-state index contributed by atoms with van der Waals surface area (Å²) in [7, 11) is 0. The highest BCUT2D eigenvalue weighted by molar-refractivity contribution is 6.32. The number of non-ortho nitro benzene ring substituents is 1. The van der Waals surface area contributed by atoms with E-state index in [0.29, 0.717) is 24.5 Å². The Labute approximate surface area is 150 Å². The number of hydrogen-bond donors (Lipinski definition) is 0. The van der Waals surface area contributed by atoms with E-state index in [0.717, 1.165) is 18.4 Å². The van der Waals surface area contributed by atoms with E-state index in [1.54, 1.807) is 6.07 Å². The summed E-state index contributed by atoms with van der Waals surface area (Å²) in [5, 5.41) is 11.0. The summed E-state index contributed by atoms with van der Waals surface area (Å²) < 4.78 is 20.0. The molecule has 0 aliphatic carbocycles. The van der Waals surface area contributed by atoms with Crippen LogP contribution in [-0.2, 0) is 0 Å². The van der Waals surface area contributed by atoms with Crippen LogP contribution in [0.1, 0.15) is 18.4 Å². The van der Waals surface area contributed by atoms with E-state index in [2.05, 4.69) is 0 Å². The number of piperidine rings is 1. The van der Waals surface area contributed by atoms with Gasteiger partial charge in [-0.25, -0.2) is 4.39 Å². The number of aryl methyl sites for hydroxylation is 1. The summed E-state index contributed by atoms with van der Waals surface area (Å²) in [5.74, 6) is 0.227. The van der Waals surface area contributed by atoms with Crippen LogP contribution < -0.4 is 9.64 Å². The molecule has 0 atom stereocenters. The van der Waals surface area contributed by atoms with Gasteiger partial charge in [0.15, 0.2) is 0 Å². The second-order valence-corrected chi connectivity index (χ2v) is 6.54. The lowest BCUT2D eigenvalue weighted by atomic mass is 10.1. The molecule has 132 valence electrons. The molecule has 1 fully saturated rings. The zero-order valence-corrected chi connectivity index (χ0v) is 14.5. The summed E-state index contributed by atoms with van der Waals surface area (Å²) >= 11 is 6.06. The van der Waals surface area contributed by atoms with E-state index in [1.807, 2.05) is 17.9 Å². The molecule has 0 aromatic heterocycles. The maximum absolute atomic E-state index is 14.1. The van der Waals surface area contributed by atoms with Gasteiger partial charge in [-0.15, -0.1) is 0 Å². The van der Waals surface area contributed by atoms with Gasteiger partial charge < -0.3 is 9.64 Å². The van der Waals surface area contributed by atoms with Crippen molar-refractivity contribution in [2.45, 2.75) is 25.9 Å². The molecule has 1 saturated heterocycles. The highest BCUT2D eigenvalue weighted by atomic mass is 35.5. The molecule has 25 heavy (non-hydrogen) atoms. The zero-order chi connectivity index (χ0) is 18.0. The van der Waals surface area contributed by atoms with E-state index < -0.39 is 4.92 Å². The van der Waals surface area contributed by atoms with Crippen molar-refractivity contribution >= 4 is 23.0 Å². The Morgan fingerprint density at radius 1 is 1.24 bits per heavy atom. The second-order valence-electron chi connectivity index (χ2n) is 6.13. The molecule has 0 spiro atoms. The van der Waals surface area contributed by atoms with Crippen molar-refractivity contribution in [1.29, 1.82) is 0 Å². The van der Waals surface area contributed by atoms with Crippen LogP contribution in [0.4, 0.5) is 15.8 Å². The van der Waals surface area contributed by atoms with Crippen molar-refractivity contribution in [3.05, 3.63) is 62.9 Å². The monoisotopic (exact) mass is 364 g/mol. The molecule has 1 aliphatic heterocycles. The van der Waals surface area contributed by atoms with Gasteiger partial charge in [-0.1, -0.05) is 17.7 Å². The summed E-state index contributed by atoms with van der Waals surface area (Å²) in [4.78, 5) is 12.3. The lowest BCUT2D eigenvalue weighted by molar-refractivity contribution is -0.384. The Kier molecular flexibility index (Phi) is 5.08. The van der Waals surface area contributed by atoms with Crippen LogP contribution in [0.5, 0.6) is 5.75 Å². The maximum Gasteiger partial charge on any atom is 0.271 e. The van der Waals surface area contributed by atoms with E-state index in [1.165, 1.54) is 24.3 Å². The first-order valence-corrected chi connectivity index (χ1v) is 8.43. The fourth-order valence-electron chi connectivity index (χ4n) is 2.96. The quantitative estimate of drug-likeness (QED) is 0.580. The molecule has 0 N–H and O–H groups in total. The van der Waals surface area contributed by atoms with Crippen LogP contribution in [0.25, 0.3) is 0 Å². The third-order valence-corrected chi connectivity index (χ3v) is 4.60. The van der Waals surface area contributed by atoms with E-state index in [-0.39, 0.29) is 22.6 Å². The van der Waals surface area contributed by atoms with Crippen molar-refractivity contribution in [3.63, 3.8) is 0 Å². The zero-order valence-electron chi connectivity index (χ0n) is 13.7. The van der Waals surface area contributed by atoms with E-state index in [4.69, 9.17) is 16.3 Å². The number of nitrogens with zero attached hydrogens (tertiary/aromatic N) is 2. The summed E-state index contributed by atoms with van der Waals surface area (Å²) in [6, 6.07) is 9.42. The van der Waals surface area contributed by atoms with Gasteiger partial charge in [0, 0.05) is 38.1 Å². The van der Waals surface area contributed by atoms with Gasteiger partial charge in [0.2, 0.25) is 0 Å². The molecule has 5 nitrogen and oxygen atoms in total. The summed E-state index contributed by atoms with van der Waals surface area (Å²) in [6.07, 6.45) is 1.39. The molecule has 1 heterocycles. The molecule has 2 aromatic rings. The molecular formula is C18H18ClFN2O3.